The van der Waals surface area contributed by atoms with E-state index in [9.17, 15) is 14.7 Å². The maximum Gasteiger partial charge on any atom is 0.218 e. The molecule has 0 aliphatic carbocycles. The van der Waals surface area contributed by atoms with Crippen LogP contribution in [0.4, 0.5) is 0 Å². The van der Waals surface area contributed by atoms with Crippen molar-refractivity contribution in [2.24, 2.45) is 11.7 Å². The molecule has 0 bridgehead atoms. The van der Waals surface area contributed by atoms with Gasteiger partial charge in [0, 0.05) is 17.5 Å². The standard InChI is InChI=1S/C30H29NO7/c31-26(33)17-23-27(34)28-25(18-35-29(38-28)21-9-5-2-6-10-21)37-30(23)36-22-14-12-20(13-15-22)24(32)16-11-19-7-3-1-4-8-19/h1-16,23,25,27-30,34H,17-18H2,(H2,31,33)/b16-11+/t23-,25+,27+,28+,29-,30+/m0/s1. The quantitative estimate of drug-likeness (QED) is 0.347. The average Bonchev–Trinajstić information content (AvgIpc) is 2.95. The van der Waals surface area contributed by atoms with Crippen molar-refractivity contribution >= 4 is 17.8 Å². The third kappa shape index (κ3) is 6.00. The molecule has 1 amide bonds. The van der Waals surface area contributed by atoms with Gasteiger partial charge in [-0.3, -0.25) is 9.59 Å². The molecule has 2 fully saturated rings. The Morgan fingerprint density at radius 1 is 0.947 bits per heavy atom. The number of hydrogen-bond donors (Lipinski definition) is 2. The predicted octanol–water partition coefficient (Wildman–Crippen LogP) is 3.65. The van der Waals surface area contributed by atoms with Crippen LogP contribution in [0.15, 0.2) is 91.0 Å². The maximum atomic E-state index is 12.6. The summed E-state index contributed by atoms with van der Waals surface area (Å²) in [6.07, 6.45) is -0.937. The Hall–Kier alpha value is -3.82. The van der Waals surface area contributed by atoms with Gasteiger partial charge in [0.2, 0.25) is 12.2 Å². The van der Waals surface area contributed by atoms with Gasteiger partial charge in [0.25, 0.3) is 0 Å². The Labute approximate surface area is 220 Å². The molecule has 6 atom stereocenters. The van der Waals surface area contributed by atoms with E-state index in [2.05, 4.69) is 0 Å². The van der Waals surface area contributed by atoms with E-state index in [0.717, 1.165) is 11.1 Å². The molecule has 0 aromatic heterocycles. The van der Waals surface area contributed by atoms with Gasteiger partial charge in [-0.2, -0.15) is 0 Å². The van der Waals surface area contributed by atoms with E-state index in [-0.39, 0.29) is 18.8 Å². The highest BCUT2D eigenvalue weighted by Crippen LogP contribution is 2.38. The number of aliphatic hydroxyl groups is 1. The molecule has 2 heterocycles. The fourth-order valence-corrected chi connectivity index (χ4v) is 4.66. The van der Waals surface area contributed by atoms with Crippen LogP contribution >= 0.6 is 0 Å². The number of ketones is 1. The molecule has 8 nitrogen and oxygen atoms in total. The highest BCUT2D eigenvalue weighted by molar-refractivity contribution is 6.06. The van der Waals surface area contributed by atoms with Gasteiger partial charge >= 0.3 is 0 Å². The number of primary amides is 1. The molecule has 3 aromatic rings. The monoisotopic (exact) mass is 515 g/mol. The Bertz CT molecular complexity index is 1260. The zero-order chi connectivity index (χ0) is 26.5. The van der Waals surface area contributed by atoms with Crippen LogP contribution in [-0.4, -0.2) is 48.0 Å². The van der Waals surface area contributed by atoms with Crippen LogP contribution in [0, 0.1) is 5.92 Å². The van der Waals surface area contributed by atoms with Gasteiger partial charge < -0.3 is 29.8 Å². The summed E-state index contributed by atoms with van der Waals surface area (Å²) in [5.74, 6) is -1.09. The van der Waals surface area contributed by atoms with Gasteiger partial charge in [-0.15, -0.1) is 0 Å². The van der Waals surface area contributed by atoms with Crippen molar-refractivity contribution in [1.29, 1.82) is 0 Å². The molecule has 0 spiro atoms. The van der Waals surface area contributed by atoms with Gasteiger partial charge in [-0.05, 0) is 35.9 Å². The third-order valence-electron chi connectivity index (χ3n) is 6.62. The van der Waals surface area contributed by atoms with E-state index >= 15 is 0 Å². The van der Waals surface area contributed by atoms with Crippen molar-refractivity contribution in [3.05, 3.63) is 108 Å². The van der Waals surface area contributed by atoms with Crippen LogP contribution in [0.2, 0.25) is 0 Å². The molecular formula is C30H29NO7. The van der Waals surface area contributed by atoms with Crippen molar-refractivity contribution in [2.45, 2.75) is 37.3 Å². The molecule has 196 valence electrons. The minimum absolute atomic E-state index is 0.149. The average molecular weight is 516 g/mol. The number of carbonyl (C=O) groups is 2. The van der Waals surface area contributed by atoms with Crippen molar-refractivity contribution in [2.75, 3.05) is 6.61 Å². The first kappa shape index (κ1) is 25.8. The summed E-state index contributed by atoms with van der Waals surface area (Å²) in [5.41, 5.74) is 7.72. The zero-order valence-corrected chi connectivity index (χ0v) is 20.6. The highest BCUT2D eigenvalue weighted by atomic mass is 16.7. The zero-order valence-electron chi connectivity index (χ0n) is 20.6. The van der Waals surface area contributed by atoms with E-state index in [4.69, 9.17) is 24.7 Å². The predicted molar refractivity (Wildman–Crippen MR) is 139 cm³/mol. The number of rotatable bonds is 8. The van der Waals surface area contributed by atoms with E-state index in [1.54, 1.807) is 30.3 Å². The normalized spacial score (nSPS) is 27.0. The van der Waals surface area contributed by atoms with Crippen LogP contribution in [0.3, 0.4) is 0 Å². The lowest BCUT2D eigenvalue weighted by Gasteiger charge is -2.47. The number of nitrogens with two attached hydrogens (primary N) is 1. The minimum atomic E-state index is -1.08. The number of ether oxygens (including phenoxy) is 4. The second-order valence-corrected chi connectivity index (χ2v) is 9.29. The first-order valence-electron chi connectivity index (χ1n) is 12.5. The Balaban J connectivity index is 1.27. The van der Waals surface area contributed by atoms with Gasteiger partial charge in [0.1, 0.15) is 18.0 Å². The molecule has 2 saturated heterocycles. The summed E-state index contributed by atoms with van der Waals surface area (Å²) in [7, 11) is 0. The highest BCUT2D eigenvalue weighted by Gasteiger charge is 2.50. The number of allylic oxidation sites excluding steroid dienone is 1. The molecular weight excluding hydrogens is 486 g/mol. The van der Waals surface area contributed by atoms with Crippen molar-refractivity contribution in [3.8, 4) is 5.75 Å². The number of hydrogen-bond acceptors (Lipinski definition) is 7. The van der Waals surface area contributed by atoms with E-state index < -0.39 is 42.7 Å². The number of aliphatic hydroxyl groups excluding tert-OH is 1. The van der Waals surface area contributed by atoms with Crippen LogP contribution in [0.25, 0.3) is 6.08 Å². The van der Waals surface area contributed by atoms with Gasteiger partial charge in [-0.1, -0.05) is 66.7 Å². The second kappa shape index (κ2) is 11.7. The Morgan fingerprint density at radius 2 is 1.63 bits per heavy atom. The van der Waals surface area contributed by atoms with Gasteiger partial charge in [0.05, 0.1) is 18.6 Å². The Morgan fingerprint density at radius 3 is 2.32 bits per heavy atom. The lowest BCUT2D eigenvalue weighted by atomic mass is 9.87. The third-order valence-corrected chi connectivity index (χ3v) is 6.62. The lowest BCUT2D eigenvalue weighted by molar-refractivity contribution is -0.342. The molecule has 38 heavy (non-hydrogen) atoms. The van der Waals surface area contributed by atoms with Crippen molar-refractivity contribution in [3.63, 3.8) is 0 Å². The number of carbonyl (C=O) groups excluding carboxylic acids is 2. The van der Waals surface area contributed by atoms with Crippen LogP contribution in [-0.2, 0) is 19.0 Å². The summed E-state index contributed by atoms with van der Waals surface area (Å²) in [5, 5.41) is 11.2. The molecule has 2 aliphatic rings. The van der Waals surface area contributed by atoms with Crippen LogP contribution in [0.1, 0.15) is 34.2 Å². The minimum Gasteiger partial charge on any atom is -0.465 e. The van der Waals surface area contributed by atoms with Crippen LogP contribution in [0.5, 0.6) is 5.75 Å². The largest absolute Gasteiger partial charge is 0.465 e. The van der Waals surface area contributed by atoms with E-state index in [0.29, 0.717) is 11.3 Å². The topological polar surface area (TPSA) is 117 Å². The van der Waals surface area contributed by atoms with Crippen molar-refractivity contribution < 1.29 is 33.6 Å². The maximum absolute atomic E-state index is 12.6. The molecule has 5 rings (SSSR count). The second-order valence-electron chi connectivity index (χ2n) is 9.29. The van der Waals surface area contributed by atoms with Crippen molar-refractivity contribution in [1.82, 2.24) is 0 Å². The fraction of sp³-hybridized carbons (Fsp3) is 0.267. The smallest absolute Gasteiger partial charge is 0.218 e. The van der Waals surface area contributed by atoms with Crippen LogP contribution < -0.4 is 10.5 Å². The summed E-state index contributed by atoms with van der Waals surface area (Å²) < 4.78 is 24.0. The summed E-state index contributed by atoms with van der Waals surface area (Å²) in [4.78, 5) is 24.4. The van der Waals surface area contributed by atoms with E-state index in [1.165, 1.54) is 6.08 Å². The molecule has 3 N–H and O–H groups in total. The summed E-state index contributed by atoms with van der Waals surface area (Å²) in [6.45, 7) is 0.172. The van der Waals surface area contributed by atoms with Gasteiger partial charge in [0.15, 0.2) is 12.1 Å². The first-order valence-corrected chi connectivity index (χ1v) is 12.5. The molecule has 0 saturated carbocycles. The molecule has 3 aromatic carbocycles. The van der Waals surface area contributed by atoms with Gasteiger partial charge in [-0.25, -0.2) is 0 Å². The molecule has 0 unspecified atom stereocenters. The SMILES string of the molecule is NC(=O)C[C@@H]1[C@H](Oc2ccc(C(=O)/C=C/c3ccccc3)cc2)O[C@@H]2CO[C@H](c3ccccc3)O[C@H]2[C@@H]1O. The molecule has 0 radical (unpaired) electrons. The summed E-state index contributed by atoms with van der Waals surface area (Å²) >= 11 is 0. The lowest BCUT2D eigenvalue weighted by Crippen LogP contribution is -2.61. The number of amides is 1. The molecule has 2 aliphatic heterocycles. The Kier molecular flexibility index (Phi) is 7.95. The summed E-state index contributed by atoms with van der Waals surface area (Å²) in [6, 6.07) is 25.5. The number of fused-ring (bicyclic) bond motifs is 1. The fourth-order valence-electron chi connectivity index (χ4n) is 4.66. The number of benzene rings is 3. The first-order chi connectivity index (χ1) is 18.5. The van der Waals surface area contributed by atoms with E-state index in [1.807, 2.05) is 60.7 Å². The molecule has 8 heteroatoms.